The van der Waals surface area contributed by atoms with Gasteiger partial charge in [-0.3, -0.25) is 0 Å². The zero-order valence-corrected chi connectivity index (χ0v) is 19.7. The summed E-state index contributed by atoms with van der Waals surface area (Å²) in [7, 11) is -4.27. The predicted octanol–water partition coefficient (Wildman–Crippen LogP) is 3.96. The van der Waals surface area contributed by atoms with E-state index in [0.717, 1.165) is 9.64 Å². The van der Waals surface area contributed by atoms with Gasteiger partial charge in [-0.25, -0.2) is 8.42 Å². The lowest BCUT2D eigenvalue weighted by Gasteiger charge is -2.31. The van der Waals surface area contributed by atoms with E-state index in [1.54, 1.807) is 36.4 Å². The molecule has 1 atom stereocenters. The molecule has 0 radical (unpaired) electrons. The molecule has 0 aromatic heterocycles. The molecule has 3 aliphatic heterocycles. The van der Waals surface area contributed by atoms with E-state index in [4.69, 9.17) is 30.8 Å². The first kappa shape index (κ1) is 20.6. The highest BCUT2D eigenvalue weighted by atomic mass is 32.5. The van der Waals surface area contributed by atoms with E-state index < -0.39 is 16.6 Å². The number of anilines is 2. The molecular weight excluding hydrogens is 487 g/mol. The molecular formula is C21H17N2O7PS2. The van der Waals surface area contributed by atoms with Crippen LogP contribution < -0.4 is 28.1 Å². The quantitative estimate of drug-likeness (QED) is 0.502. The van der Waals surface area contributed by atoms with Gasteiger partial charge in [-0.05, 0) is 55.1 Å². The SMILES string of the molecule is Cc1ccc(S(=O)(=O)N2c3ccc4c(c3-c3c(ccc5c3OCO5)NP2(O)=S)OCO4)cc1. The third-order valence-electron chi connectivity index (χ3n) is 5.57. The predicted molar refractivity (Wildman–Crippen MR) is 125 cm³/mol. The fraction of sp³-hybridized carbons (Fsp3) is 0.143. The van der Waals surface area contributed by atoms with E-state index in [0.29, 0.717) is 39.8 Å². The van der Waals surface area contributed by atoms with Crippen LogP contribution in [0.2, 0.25) is 0 Å². The van der Waals surface area contributed by atoms with Crippen molar-refractivity contribution in [1.29, 1.82) is 0 Å². The maximum Gasteiger partial charge on any atom is 0.271 e. The van der Waals surface area contributed by atoms with Crippen molar-refractivity contribution in [2.24, 2.45) is 0 Å². The van der Waals surface area contributed by atoms with Crippen molar-refractivity contribution in [1.82, 2.24) is 0 Å². The molecule has 170 valence electrons. The second-order valence-corrected chi connectivity index (χ2v) is 12.9. The number of benzene rings is 3. The van der Waals surface area contributed by atoms with Gasteiger partial charge in [-0.1, -0.05) is 17.7 Å². The average Bonchev–Trinajstić information content (AvgIpc) is 3.41. The van der Waals surface area contributed by atoms with Gasteiger partial charge in [0.2, 0.25) is 13.6 Å². The average molecular weight is 504 g/mol. The van der Waals surface area contributed by atoms with E-state index >= 15 is 0 Å². The molecule has 3 aromatic rings. The number of hydrogen-bond donors (Lipinski definition) is 2. The minimum Gasteiger partial charge on any atom is -0.454 e. The van der Waals surface area contributed by atoms with Crippen LogP contribution in [0.15, 0.2) is 53.4 Å². The smallest absolute Gasteiger partial charge is 0.271 e. The molecule has 0 fully saturated rings. The summed E-state index contributed by atoms with van der Waals surface area (Å²) in [5, 5.41) is 2.90. The lowest BCUT2D eigenvalue weighted by Crippen LogP contribution is -2.30. The van der Waals surface area contributed by atoms with Crippen LogP contribution in [0, 0.1) is 6.92 Å². The Morgan fingerprint density at radius 2 is 1.52 bits per heavy atom. The van der Waals surface area contributed by atoms with Gasteiger partial charge in [0.15, 0.2) is 23.0 Å². The zero-order chi connectivity index (χ0) is 23.0. The van der Waals surface area contributed by atoms with Gasteiger partial charge in [-0.2, -0.15) is 4.08 Å². The summed E-state index contributed by atoms with van der Waals surface area (Å²) in [4.78, 5) is 11.5. The third kappa shape index (κ3) is 3.00. The maximum absolute atomic E-state index is 13.9. The molecule has 0 amide bonds. The van der Waals surface area contributed by atoms with Gasteiger partial charge in [-0.15, -0.1) is 0 Å². The minimum absolute atomic E-state index is 0.00226. The van der Waals surface area contributed by atoms with Gasteiger partial charge in [0.25, 0.3) is 16.6 Å². The number of aryl methyl sites for hydroxylation is 1. The van der Waals surface area contributed by atoms with Gasteiger partial charge >= 0.3 is 0 Å². The van der Waals surface area contributed by atoms with Crippen molar-refractivity contribution in [3.8, 4) is 34.1 Å². The number of rotatable bonds is 2. The first-order chi connectivity index (χ1) is 15.8. The topological polar surface area (TPSA) is 107 Å². The number of nitrogens with zero attached hydrogens (tertiary/aromatic N) is 1. The monoisotopic (exact) mass is 504 g/mol. The molecule has 0 spiro atoms. The van der Waals surface area contributed by atoms with Crippen LogP contribution in [0.25, 0.3) is 11.1 Å². The van der Waals surface area contributed by atoms with Crippen molar-refractivity contribution < 1.29 is 32.3 Å². The Labute approximate surface area is 194 Å². The summed E-state index contributed by atoms with van der Waals surface area (Å²) >= 11 is 5.54. The second-order valence-electron chi connectivity index (χ2n) is 7.63. The molecule has 12 heteroatoms. The first-order valence-electron chi connectivity index (χ1n) is 9.86. The maximum atomic E-state index is 13.9. The molecule has 2 N–H and O–H groups in total. The highest BCUT2D eigenvalue weighted by Gasteiger charge is 2.44. The van der Waals surface area contributed by atoms with Crippen molar-refractivity contribution in [2.45, 2.75) is 11.8 Å². The lowest BCUT2D eigenvalue weighted by atomic mass is 9.99. The van der Waals surface area contributed by atoms with E-state index in [-0.39, 0.29) is 24.2 Å². The number of sulfonamides is 1. The molecule has 3 heterocycles. The van der Waals surface area contributed by atoms with Gasteiger partial charge in [0.1, 0.15) is 0 Å². The van der Waals surface area contributed by atoms with Crippen molar-refractivity contribution in [2.75, 3.05) is 22.7 Å². The van der Waals surface area contributed by atoms with Crippen LogP contribution in [0.5, 0.6) is 23.0 Å². The van der Waals surface area contributed by atoms with Gasteiger partial charge in [0, 0.05) is 0 Å². The number of fused-ring (bicyclic) bond motifs is 7. The van der Waals surface area contributed by atoms with Crippen molar-refractivity contribution in [3.05, 3.63) is 54.1 Å². The Morgan fingerprint density at radius 3 is 2.18 bits per heavy atom. The van der Waals surface area contributed by atoms with Crippen molar-refractivity contribution in [3.63, 3.8) is 0 Å². The molecule has 1 unspecified atom stereocenters. The molecule has 3 aliphatic rings. The van der Waals surface area contributed by atoms with Gasteiger partial charge in [0.05, 0.1) is 27.4 Å². The molecule has 33 heavy (non-hydrogen) atoms. The summed E-state index contributed by atoms with van der Waals surface area (Å²) in [6, 6.07) is 12.8. The minimum atomic E-state index is -4.27. The van der Waals surface area contributed by atoms with Crippen LogP contribution in [0.3, 0.4) is 0 Å². The zero-order valence-electron chi connectivity index (χ0n) is 17.1. The normalized spacial score (nSPS) is 20.0. The summed E-state index contributed by atoms with van der Waals surface area (Å²) < 4.78 is 51.2. The number of ether oxygens (including phenoxy) is 4. The highest BCUT2D eigenvalue weighted by molar-refractivity contribution is 8.19. The van der Waals surface area contributed by atoms with Crippen LogP contribution in [-0.4, -0.2) is 26.9 Å². The third-order valence-corrected chi connectivity index (χ3v) is 10.8. The largest absolute Gasteiger partial charge is 0.454 e. The Morgan fingerprint density at radius 1 is 0.909 bits per heavy atom. The fourth-order valence-electron chi connectivity index (χ4n) is 4.11. The standard InChI is InChI=1S/C21H17N2O7PS2/c1-12-2-4-13(5-3-12)33(25,26)23-15-7-9-17-21(30-11-28-17)19(15)18-14(22-31(23,24)32)6-8-16-20(18)29-10-27-16/h2-9H,10-11H2,1H3,(H2,22,24,32). The van der Waals surface area contributed by atoms with Crippen molar-refractivity contribution >= 4 is 39.8 Å². The Hall–Kier alpha value is -2.98. The van der Waals surface area contributed by atoms with Gasteiger partial charge < -0.3 is 28.9 Å². The second kappa shape index (κ2) is 7.01. The Bertz CT molecular complexity index is 1470. The summed E-state index contributed by atoms with van der Waals surface area (Å²) in [5.41, 5.74) is 2.31. The summed E-state index contributed by atoms with van der Waals surface area (Å²) in [6.45, 7) is -2.08. The molecule has 3 aromatic carbocycles. The first-order valence-corrected chi connectivity index (χ1v) is 14.0. The molecule has 6 rings (SSSR count). The van der Waals surface area contributed by atoms with Crippen LogP contribution >= 0.6 is 6.57 Å². The van der Waals surface area contributed by atoms with Crippen LogP contribution in [0.1, 0.15) is 5.56 Å². The summed E-state index contributed by atoms with van der Waals surface area (Å²) in [5.74, 6) is 1.66. The Kier molecular flexibility index (Phi) is 4.38. The van der Waals surface area contributed by atoms with E-state index in [1.807, 2.05) is 6.92 Å². The van der Waals surface area contributed by atoms with E-state index in [2.05, 4.69) is 5.09 Å². The lowest BCUT2D eigenvalue weighted by molar-refractivity contribution is 0.173. The Balaban J connectivity index is 1.69. The summed E-state index contributed by atoms with van der Waals surface area (Å²) in [6.07, 6.45) is 0. The van der Waals surface area contributed by atoms with E-state index in [1.165, 1.54) is 12.1 Å². The van der Waals surface area contributed by atoms with Crippen LogP contribution in [0.4, 0.5) is 11.4 Å². The van der Waals surface area contributed by atoms with E-state index in [9.17, 15) is 13.3 Å². The number of nitrogens with one attached hydrogen (secondary N) is 1. The highest BCUT2D eigenvalue weighted by Crippen LogP contribution is 2.64. The number of hydrogen-bond acceptors (Lipinski definition) is 7. The molecule has 0 saturated carbocycles. The fourth-order valence-corrected chi connectivity index (χ4v) is 9.17. The molecule has 0 aliphatic carbocycles. The molecule has 9 nitrogen and oxygen atoms in total. The molecule has 0 saturated heterocycles. The van der Waals surface area contributed by atoms with Crippen LogP contribution in [-0.2, 0) is 21.8 Å². The molecule has 0 bridgehead atoms.